The highest BCUT2D eigenvalue weighted by Crippen LogP contribution is 2.23. The first-order valence-electron chi connectivity index (χ1n) is 13.6. The van der Waals surface area contributed by atoms with E-state index in [-0.39, 0.29) is 11.5 Å². The van der Waals surface area contributed by atoms with Gasteiger partial charge in [-0.2, -0.15) is 8.42 Å². The average molecular weight is 481 g/mol. The molecule has 1 aromatic rings. The molecule has 0 saturated carbocycles. The minimum absolute atomic E-state index is 0.246. The van der Waals surface area contributed by atoms with Gasteiger partial charge in [-0.3, -0.25) is 4.18 Å². The third kappa shape index (κ3) is 14.9. The summed E-state index contributed by atoms with van der Waals surface area (Å²) < 4.78 is 29.6. The van der Waals surface area contributed by atoms with Crippen LogP contribution in [0.4, 0.5) is 0 Å². The zero-order chi connectivity index (χ0) is 24.7. The van der Waals surface area contributed by atoms with E-state index >= 15 is 0 Å². The lowest BCUT2D eigenvalue weighted by Crippen LogP contribution is -2.08. The van der Waals surface area contributed by atoms with Gasteiger partial charge in [-0.15, -0.1) is 0 Å². The standard InChI is InChI=1S/C29H52O3S/c1-24(2)12-9-14-26(4)16-11-18-27(5)17-10-15-25(3)13-7-8-23-32-33(30,31)29-21-19-28(6)20-22-29/h19-22,24-27H,7-18,23H2,1-6H3. The van der Waals surface area contributed by atoms with Crippen molar-refractivity contribution >= 4 is 10.1 Å². The summed E-state index contributed by atoms with van der Waals surface area (Å²) in [4.78, 5) is 0.246. The second kappa shape index (κ2) is 16.7. The second-order valence-electron chi connectivity index (χ2n) is 11.1. The molecule has 33 heavy (non-hydrogen) atoms. The normalized spacial score (nSPS) is 15.0. The Labute approximate surface area is 206 Å². The lowest BCUT2D eigenvalue weighted by Gasteiger charge is -2.16. The van der Waals surface area contributed by atoms with E-state index in [1.807, 2.05) is 6.92 Å². The first kappa shape index (κ1) is 30.2. The number of hydrogen-bond acceptors (Lipinski definition) is 3. The van der Waals surface area contributed by atoms with E-state index in [0.717, 1.165) is 42.6 Å². The van der Waals surface area contributed by atoms with Crippen molar-refractivity contribution in [3.63, 3.8) is 0 Å². The molecule has 0 aliphatic rings. The van der Waals surface area contributed by atoms with Gasteiger partial charge in [0.05, 0.1) is 11.5 Å². The van der Waals surface area contributed by atoms with Crippen LogP contribution in [0.25, 0.3) is 0 Å². The Morgan fingerprint density at radius 3 is 1.52 bits per heavy atom. The first-order chi connectivity index (χ1) is 15.6. The Bertz CT molecular complexity index is 709. The minimum atomic E-state index is -3.62. The molecule has 1 rings (SSSR count). The average Bonchev–Trinajstić information content (AvgIpc) is 2.73. The molecule has 0 spiro atoms. The summed E-state index contributed by atoms with van der Waals surface area (Å²) in [5.41, 5.74) is 1.04. The van der Waals surface area contributed by atoms with Crippen LogP contribution < -0.4 is 0 Å². The van der Waals surface area contributed by atoms with Gasteiger partial charge < -0.3 is 0 Å². The van der Waals surface area contributed by atoms with Crippen LogP contribution in [-0.4, -0.2) is 15.0 Å². The summed E-state index contributed by atoms with van der Waals surface area (Å²) in [6, 6.07) is 6.83. The fraction of sp³-hybridized carbons (Fsp3) is 0.793. The molecule has 3 atom stereocenters. The fourth-order valence-corrected chi connectivity index (χ4v) is 5.42. The summed E-state index contributed by atoms with van der Waals surface area (Å²) in [5.74, 6) is 3.26. The van der Waals surface area contributed by atoms with Gasteiger partial charge in [0.2, 0.25) is 0 Å². The van der Waals surface area contributed by atoms with Crippen molar-refractivity contribution in [3.05, 3.63) is 29.8 Å². The number of hydrogen-bond donors (Lipinski definition) is 0. The van der Waals surface area contributed by atoms with E-state index in [4.69, 9.17) is 4.18 Å². The Balaban J connectivity index is 2.04. The Hall–Kier alpha value is -0.870. The summed E-state index contributed by atoms with van der Waals surface area (Å²) in [6.45, 7) is 14.0. The number of aryl methyl sites for hydroxylation is 1. The zero-order valence-corrected chi connectivity index (χ0v) is 23.3. The number of rotatable bonds is 19. The van der Waals surface area contributed by atoms with Crippen LogP contribution in [0, 0.1) is 30.6 Å². The summed E-state index contributed by atoms with van der Waals surface area (Å²) >= 11 is 0. The van der Waals surface area contributed by atoms with Crippen LogP contribution >= 0.6 is 0 Å². The van der Waals surface area contributed by atoms with Gasteiger partial charge in [0.25, 0.3) is 10.1 Å². The third-order valence-corrected chi connectivity index (χ3v) is 8.23. The topological polar surface area (TPSA) is 43.4 Å². The third-order valence-electron chi connectivity index (χ3n) is 6.91. The van der Waals surface area contributed by atoms with Gasteiger partial charge in [0, 0.05) is 0 Å². The van der Waals surface area contributed by atoms with Crippen LogP contribution in [-0.2, 0) is 14.3 Å². The molecule has 0 fully saturated rings. The molecule has 0 aliphatic carbocycles. The van der Waals surface area contributed by atoms with Gasteiger partial charge >= 0.3 is 0 Å². The predicted molar refractivity (Wildman–Crippen MR) is 142 cm³/mol. The Kier molecular flexibility index (Phi) is 15.3. The summed E-state index contributed by atoms with van der Waals surface area (Å²) in [5, 5.41) is 0. The quantitative estimate of drug-likeness (QED) is 0.147. The van der Waals surface area contributed by atoms with Crippen molar-refractivity contribution in [2.45, 2.75) is 123 Å². The van der Waals surface area contributed by atoms with Crippen molar-refractivity contribution in [2.75, 3.05) is 6.61 Å². The monoisotopic (exact) mass is 480 g/mol. The molecule has 3 unspecified atom stereocenters. The summed E-state index contributed by atoms with van der Waals surface area (Å²) in [6.07, 6.45) is 15.2. The fourth-order valence-electron chi connectivity index (χ4n) is 4.47. The SMILES string of the molecule is Cc1ccc(S(=O)(=O)OCCCCC(C)CCCC(C)CCCC(C)CCCC(C)C)cc1. The molecular formula is C29H52O3S. The van der Waals surface area contributed by atoms with Crippen LogP contribution in [0.2, 0.25) is 0 Å². The lowest BCUT2D eigenvalue weighted by atomic mass is 9.90. The molecule has 0 bridgehead atoms. The number of unbranched alkanes of at least 4 members (excludes halogenated alkanes) is 1. The van der Waals surface area contributed by atoms with Crippen LogP contribution in [0.15, 0.2) is 29.2 Å². The van der Waals surface area contributed by atoms with E-state index < -0.39 is 10.1 Å². The van der Waals surface area contributed by atoms with Crippen molar-refractivity contribution in [1.82, 2.24) is 0 Å². The molecule has 4 heteroatoms. The smallest absolute Gasteiger partial charge is 0.266 e. The van der Waals surface area contributed by atoms with Crippen LogP contribution in [0.3, 0.4) is 0 Å². The number of benzene rings is 1. The lowest BCUT2D eigenvalue weighted by molar-refractivity contribution is 0.300. The molecule has 0 radical (unpaired) electrons. The van der Waals surface area contributed by atoms with E-state index in [1.165, 1.54) is 57.8 Å². The van der Waals surface area contributed by atoms with Gasteiger partial charge in [-0.05, 0) is 49.1 Å². The molecule has 0 N–H and O–H groups in total. The maximum Gasteiger partial charge on any atom is 0.296 e. The van der Waals surface area contributed by atoms with Crippen molar-refractivity contribution in [1.29, 1.82) is 0 Å². The van der Waals surface area contributed by atoms with Gasteiger partial charge in [-0.25, -0.2) is 0 Å². The van der Waals surface area contributed by atoms with E-state index in [0.29, 0.717) is 5.92 Å². The highest BCUT2D eigenvalue weighted by Gasteiger charge is 2.14. The molecule has 0 heterocycles. The predicted octanol–water partition coefficient (Wildman–Crippen LogP) is 8.95. The van der Waals surface area contributed by atoms with Gasteiger partial charge in [0.15, 0.2) is 0 Å². The van der Waals surface area contributed by atoms with Crippen LogP contribution in [0.1, 0.15) is 117 Å². The highest BCUT2D eigenvalue weighted by molar-refractivity contribution is 7.86. The first-order valence-corrected chi connectivity index (χ1v) is 15.0. The Morgan fingerprint density at radius 1 is 0.636 bits per heavy atom. The molecule has 1 aromatic carbocycles. The second-order valence-corrected chi connectivity index (χ2v) is 12.7. The Morgan fingerprint density at radius 2 is 1.06 bits per heavy atom. The van der Waals surface area contributed by atoms with Crippen molar-refractivity contribution in [3.8, 4) is 0 Å². The molecule has 0 saturated heterocycles. The molecule has 192 valence electrons. The molecular weight excluding hydrogens is 428 g/mol. The maximum atomic E-state index is 12.2. The molecule has 0 aliphatic heterocycles. The van der Waals surface area contributed by atoms with E-state index in [9.17, 15) is 8.42 Å². The van der Waals surface area contributed by atoms with Crippen LogP contribution in [0.5, 0.6) is 0 Å². The maximum absolute atomic E-state index is 12.2. The van der Waals surface area contributed by atoms with Crippen molar-refractivity contribution in [2.24, 2.45) is 23.7 Å². The minimum Gasteiger partial charge on any atom is -0.266 e. The van der Waals surface area contributed by atoms with Gasteiger partial charge in [0.1, 0.15) is 0 Å². The molecule has 0 aromatic heterocycles. The molecule has 0 amide bonds. The summed E-state index contributed by atoms with van der Waals surface area (Å²) in [7, 11) is -3.62. The zero-order valence-electron chi connectivity index (χ0n) is 22.4. The van der Waals surface area contributed by atoms with E-state index in [1.54, 1.807) is 24.3 Å². The van der Waals surface area contributed by atoms with Gasteiger partial charge in [-0.1, -0.05) is 123 Å². The van der Waals surface area contributed by atoms with E-state index in [2.05, 4.69) is 34.6 Å². The molecule has 3 nitrogen and oxygen atoms in total. The highest BCUT2D eigenvalue weighted by atomic mass is 32.2. The largest absolute Gasteiger partial charge is 0.296 e. The van der Waals surface area contributed by atoms with Crippen molar-refractivity contribution < 1.29 is 12.6 Å².